The average molecular weight is 356 g/mol. The first kappa shape index (κ1) is 11.0. The fraction of sp³-hybridized carbons (Fsp3) is 0. The first-order chi connectivity index (χ1) is 8.24. The quantitative estimate of drug-likeness (QED) is 0.589. The lowest BCUT2D eigenvalue weighted by Crippen LogP contribution is -1.76. The molecule has 17 heavy (non-hydrogen) atoms. The summed E-state index contributed by atoms with van der Waals surface area (Å²) in [6, 6.07) is 13.6. The highest BCUT2D eigenvalue weighted by Crippen LogP contribution is 2.30. The number of fused-ring (bicyclic) bond motifs is 1. The summed E-state index contributed by atoms with van der Waals surface area (Å²) in [5.74, 6) is 0.787. The summed E-state index contributed by atoms with van der Waals surface area (Å²) in [4.78, 5) is 0. The van der Waals surface area contributed by atoms with E-state index in [9.17, 15) is 0 Å². The van der Waals surface area contributed by atoms with Gasteiger partial charge in [-0.15, -0.1) is 0 Å². The molecule has 0 aliphatic rings. The maximum Gasteiger partial charge on any atom is 0.174 e. The molecule has 0 radical (unpaired) electrons. The second-order valence-electron chi connectivity index (χ2n) is 3.68. The molecule has 0 N–H and O–H groups in total. The van der Waals surface area contributed by atoms with Gasteiger partial charge in [-0.25, -0.2) is 0 Å². The SMILES string of the molecule is Clc1ccc(-c2onc3ccc(I)cc23)cc1. The van der Waals surface area contributed by atoms with Gasteiger partial charge in [0.1, 0.15) is 5.52 Å². The van der Waals surface area contributed by atoms with Gasteiger partial charge in [-0.2, -0.15) is 0 Å². The fourth-order valence-corrected chi connectivity index (χ4v) is 2.34. The molecule has 2 aromatic carbocycles. The molecule has 0 aliphatic carbocycles. The zero-order chi connectivity index (χ0) is 11.8. The number of nitrogens with zero attached hydrogens (tertiary/aromatic N) is 1. The van der Waals surface area contributed by atoms with Crippen LogP contribution in [0.25, 0.3) is 22.2 Å². The number of halogens is 2. The third-order valence-corrected chi connectivity index (χ3v) is 3.47. The van der Waals surface area contributed by atoms with Crippen LogP contribution in [0.5, 0.6) is 0 Å². The standard InChI is InChI=1S/C13H7ClINO/c14-9-3-1-8(2-4-9)13-11-7-10(15)5-6-12(11)16-17-13/h1-7H. The number of benzene rings is 2. The molecule has 0 atom stereocenters. The van der Waals surface area contributed by atoms with Crippen molar-refractivity contribution in [3.05, 3.63) is 51.1 Å². The Kier molecular flexibility index (Phi) is 2.80. The van der Waals surface area contributed by atoms with Crippen molar-refractivity contribution in [1.82, 2.24) is 5.16 Å². The minimum atomic E-state index is 0.715. The summed E-state index contributed by atoms with van der Waals surface area (Å²) in [7, 11) is 0. The molecule has 0 saturated carbocycles. The molecule has 3 rings (SSSR count). The predicted octanol–water partition coefficient (Wildman–Crippen LogP) is 4.75. The fourth-order valence-electron chi connectivity index (χ4n) is 1.72. The minimum Gasteiger partial charge on any atom is -0.355 e. The van der Waals surface area contributed by atoms with E-state index in [1.165, 1.54) is 0 Å². The van der Waals surface area contributed by atoms with Gasteiger partial charge in [-0.1, -0.05) is 16.8 Å². The first-order valence-corrected chi connectivity index (χ1v) is 6.50. The van der Waals surface area contributed by atoms with Crippen molar-refractivity contribution in [2.45, 2.75) is 0 Å². The molecule has 0 fully saturated rings. The zero-order valence-electron chi connectivity index (χ0n) is 8.65. The Labute approximate surface area is 117 Å². The Balaban J connectivity index is 2.23. The van der Waals surface area contributed by atoms with Gasteiger partial charge in [-0.3, -0.25) is 0 Å². The summed E-state index contributed by atoms with van der Waals surface area (Å²) in [6.45, 7) is 0. The predicted molar refractivity (Wildman–Crippen MR) is 77.2 cm³/mol. The van der Waals surface area contributed by atoms with Gasteiger partial charge in [0, 0.05) is 14.2 Å². The summed E-state index contributed by atoms with van der Waals surface area (Å²) in [5.41, 5.74) is 1.86. The third kappa shape index (κ3) is 2.05. The summed E-state index contributed by atoms with van der Waals surface area (Å²) >= 11 is 8.15. The Hall–Kier alpha value is -1.07. The van der Waals surface area contributed by atoms with Crippen molar-refractivity contribution in [2.24, 2.45) is 0 Å². The van der Waals surface area contributed by atoms with Crippen LogP contribution < -0.4 is 0 Å². The molecule has 0 amide bonds. The van der Waals surface area contributed by atoms with Crippen molar-refractivity contribution in [3.63, 3.8) is 0 Å². The number of hydrogen-bond acceptors (Lipinski definition) is 2. The van der Waals surface area contributed by atoms with Crippen molar-refractivity contribution >= 4 is 45.1 Å². The van der Waals surface area contributed by atoms with Crippen LogP contribution in [0, 0.1) is 3.57 Å². The highest BCUT2D eigenvalue weighted by Gasteiger charge is 2.10. The topological polar surface area (TPSA) is 26.0 Å². The van der Waals surface area contributed by atoms with E-state index >= 15 is 0 Å². The highest BCUT2D eigenvalue weighted by atomic mass is 127. The smallest absolute Gasteiger partial charge is 0.174 e. The van der Waals surface area contributed by atoms with Crippen LogP contribution in [0.2, 0.25) is 5.02 Å². The van der Waals surface area contributed by atoms with Gasteiger partial charge in [0.05, 0.1) is 5.39 Å². The highest BCUT2D eigenvalue weighted by molar-refractivity contribution is 14.1. The van der Waals surface area contributed by atoms with Gasteiger partial charge in [0.2, 0.25) is 0 Å². The molecule has 0 spiro atoms. The normalized spacial score (nSPS) is 10.9. The summed E-state index contributed by atoms with van der Waals surface area (Å²) in [6.07, 6.45) is 0. The van der Waals surface area contributed by atoms with E-state index in [0.717, 1.165) is 25.8 Å². The number of rotatable bonds is 1. The van der Waals surface area contributed by atoms with Crippen molar-refractivity contribution in [1.29, 1.82) is 0 Å². The molecule has 0 saturated heterocycles. The second-order valence-corrected chi connectivity index (χ2v) is 5.36. The van der Waals surface area contributed by atoms with E-state index in [1.54, 1.807) is 0 Å². The van der Waals surface area contributed by atoms with Gasteiger partial charge in [-0.05, 0) is 65.1 Å². The van der Waals surface area contributed by atoms with E-state index in [1.807, 2.05) is 36.4 Å². The van der Waals surface area contributed by atoms with Crippen LogP contribution in [0.4, 0.5) is 0 Å². The Morgan fingerprint density at radius 2 is 1.82 bits per heavy atom. The van der Waals surface area contributed by atoms with Crippen LogP contribution in [0.15, 0.2) is 47.0 Å². The second kappa shape index (κ2) is 4.31. The molecule has 0 bridgehead atoms. The Bertz CT molecular complexity index is 675. The van der Waals surface area contributed by atoms with E-state index < -0.39 is 0 Å². The molecule has 1 heterocycles. The van der Waals surface area contributed by atoms with Crippen molar-refractivity contribution in [2.75, 3.05) is 0 Å². The Morgan fingerprint density at radius 3 is 2.59 bits per heavy atom. The number of aromatic nitrogens is 1. The number of hydrogen-bond donors (Lipinski definition) is 0. The molecule has 0 aliphatic heterocycles. The van der Waals surface area contributed by atoms with Crippen LogP contribution in [-0.4, -0.2) is 5.16 Å². The minimum absolute atomic E-state index is 0.715. The monoisotopic (exact) mass is 355 g/mol. The lowest BCUT2D eigenvalue weighted by molar-refractivity contribution is 0.441. The molecule has 1 aromatic heterocycles. The molecule has 84 valence electrons. The molecule has 0 unspecified atom stereocenters. The maximum atomic E-state index is 5.87. The summed E-state index contributed by atoms with van der Waals surface area (Å²) in [5, 5.41) is 5.79. The average Bonchev–Trinajstić information content (AvgIpc) is 2.73. The van der Waals surface area contributed by atoms with Gasteiger partial charge in [0.25, 0.3) is 0 Å². The largest absolute Gasteiger partial charge is 0.355 e. The first-order valence-electron chi connectivity index (χ1n) is 5.05. The maximum absolute atomic E-state index is 5.87. The molecular weight excluding hydrogens is 349 g/mol. The van der Waals surface area contributed by atoms with Crippen LogP contribution in [-0.2, 0) is 0 Å². The van der Waals surface area contributed by atoms with E-state index in [4.69, 9.17) is 16.1 Å². The molecule has 2 nitrogen and oxygen atoms in total. The lowest BCUT2D eigenvalue weighted by Gasteiger charge is -1.97. The summed E-state index contributed by atoms with van der Waals surface area (Å²) < 4.78 is 6.56. The zero-order valence-corrected chi connectivity index (χ0v) is 11.6. The van der Waals surface area contributed by atoms with E-state index in [2.05, 4.69) is 33.8 Å². The molecule has 3 aromatic rings. The van der Waals surface area contributed by atoms with Gasteiger partial charge in [0.15, 0.2) is 5.76 Å². The third-order valence-electron chi connectivity index (χ3n) is 2.54. The van der Waals surface area contributed by atoms with E-state index in [0.29, 0.717) is 5.02 Å². The van der Waals surface area contributed by atoms with Crippen LogP contribution >= 0.6 is 34.2 Å². The van der Waals surface area contributed by atoms with Crippen molar-refractivity contribution < 1.29 is 4.52 Å². The van der Waals surface area contributed by atoms with E-state index in [-0.39, 0.29) is 0 Å². The van der Waals surface area contributed by atoms with Gasteiger partial charge >= 0.3 is 0 Å². The Morgan fingerprint density at radius 1 is 1.06 bits per heavy atom. The lowest BCUT2D eigenvalue weighted by atomic mass is 10.1. The van der Waals surface area contributed by atoms with Crippen LogP contribution in [0.3, 0.4) is 0 Å². The molecule has 4 heteroatoms. The van der Waals surface area contributed by atoms with Gasteiger partial charge < -0.3 is 4.52 Å². The molecular formula is C13H7ClINO. The van der Waals surface area contributed by atoms with Crippen molar-refractivity contribution in [3.8, 4) is 11.3 Å². The van der Waals surface area contributed by atoms with Crippen LogP contribution in [0.1, 0.15) is 0 Å².